The van der Waals surface area contributed by atoms with Crippen molar-refractivity contribution < 1.29 is 19.1 Å². The third-order valence-corrected chi connectivity index (χ3v) is 4.60. The molecule has 25 heavy (non-hydrogen) atoms. The number of rotatable bonds is 4. The Morgan fingerprint density at radius 1 is 0.800 bits per heavy atom. The van der Waals surface area contributed by atoms with E-state index in [1.165, 1.54) is 0 Å². The molecule has 0 radical (unpaired) electrons. The highest BCUT2D eigenvalue weighted by Crippen LogP contribution is 2.30. The molecular weight excluding hydrogens is 316 g/mol. The van der Waals surface area contributed by atoms with Crippen molar-refractivity contribution in [2.75, 3.05) is 0 Å². The van der Waals surface area contributed by atoms with Gasteiger partial charge in [0.2, 0.25) is 0 Å². The van der Waals surface area contributed by atoms with Gasteiger partial charge in [0, 0.05) is 0 Å². The minimum Gasteiger partial charge on any atom is -0.455 e. The van der Waals surface area contributed by atoms with Crippen LogP contribution < -0.4 is 0 Å². The number of carbonyl (C=O) groups excluding carboxylic acids is 2. The number of hydrogen-bond donors (Lipinski definition) is 0. The highest BCUT2D eigenvalue weighted by Gasteiger charge is 2.36. The second kappa shape index (κ2) is 7.97. The van der Waals surface area contributed by atoms with Gasteiger partial charge in [-0.05, 0) is 49.4 Å². The zero-order chi connectivity index (χ0) is 17.6. The Kier molecular flexibility index (Phi) is 5.49. The number of ether oxygens (including phenoxy) is 2. The number of hydrogen-bond acceptors (Lipinski definition) is 4. The standard InChI is InChI=1S/C21H22O4/c1-15-9-8-14-18(24-20(22)16-10-4-2-5-11-16)19(15)25-21(23)17-12-6-3-7-13-17/h2-7,10-13,15,18-19H,8-9,14H2,1H3/t15-,18+,19+/m0/s1. The quantitative estimate of drug-likeness (QED) is 0.782. The van der Waals surface area contributed by atoms with Gasteiger partial charge in [-0.1, -0.05) is 43.3 Å². The van der Waals surface area contributed by atoms with E-state index in [1.54, 1.807) is 48.5 Å². The number of carbonyl (C=O) groups is 2. The molecular formula is C21H22O4. The Hall–Kier alpha value is -2.62. The minimum absolute atomic E-state index is 0.148. The van der Waals surface area contributed by atoms with E-state index < -0.39 is 12.2 Å². The molecule has 3 atom stereocenters. The van der Waals surface area contributed by atoms with E-state index in [-0.39, 0.29) is 17.9 Å². The first-order chi connectivity index (χ1) is 12.1. The van der Waals surface area contributed by atoms with E-state index in [4.69, 9.17) is 9.47 Å². The molecule has 0 aromatic heterocycles. The number of benzene rings is 2. The lowest BCUT2D eigenvalue weighted by Gasteiger charge is -2.35. The molecule has 0 saturated heterocycles. The van der Waals surface area contributed by atoms with Crippen molar-refractivity contribution in [1.82, 2.24) is 0 Å². The average molecular weight is 338 g/mol. The van der Waals surface area contributed by atoms with E-state index in [9.17, 15) is 9.59 Å². The Balaban J connectivity index is 1.70. The Morgan fingerprint density at radius 3 is 1.88 bits per heavy atom. The summed E-state index contributed by atoms with van der Waals surface area (Å²) in [5.74, 6) is -0.601. The van der Waals surface area contributed by atoms with Gasteiger partial charge in [0.25, 0.3) is 0 Å². The molecule has 1 fully saturated rings. The molecule has 130 valence electrons. The van der Waals surface area contributed by atoms with Crippen LogP contribution in [0, 0.1) is 5.92 Å². The van der Waals surface area contributed by atoms with Crippen LogP contribution in [-0.4, -0.2) is 24.1 Å². The topological polar surface area (TPSA) is 52.6 Å². The second-order valence-electron chi connectivity index (χ2n) is 6.45. The van der Waals surface area contributed by atoms with Crippen molar-refractivity contribution in [2.24, 2.45) is 5.92 Å². The summed E-state index contributed by atoms with van der Waals surface area (Å²) in [6.07, 6.45) is 1.77. The summed E-state index contributed by atoms with van der Waals surface area (Å²) in [4.78, 5) is 24.8. The van der Waals surface area contributed by atoms with Gasteiger partial charge in [-0.3, -0.25) is 0 Å². The first kappa shape index (κ1) is 17.2. The maximum atomic E-state index is 12.4. The molecule has 2 aromatic carbocycles. The van der Waals surface area contributed by atoms with Crippen molar-refractivity contribution >= 4 is 11.9 Å². The second-order valence-corrected chi connectivity index (χ2v) is 6.45. The van der Waals surface area contributed by atoms with Crippen LogP contribution in [0.1, 0.15) is 46.9 Å². The van der Waals surface area contributed by atoms with E-state index in [0.717, 1.165) is 12.8 Å². The fourth-order valence-corrected chi connectivity index (χ4v) is 3.20. The van der Waals surface area contributed by atoms with Crippen LogP contribution in [0.15, 0.2) is 60.7 Å². The summed E-state index contributed by atoms with van der Waals surface area (Å²) < 4.78 is 11.4. The highest BCUT2D eigenvalue weighted by atomic mass is 16.6. The molecule has 0 heterocycles. The monoisotopic (exact) mass is 338 g/mol. The van der Waals surface area contributed by atoms with Crippen molar-refractivity contribution in [3.8, 4) is 0 Å². The summed E-state index contributed by atoms with van der Waals surface area (Å²) >= 11 is 0. The summed E-state index contributed by atoms with van der Waals surface area (Å²) in [5.41, 5.74) is 1.02. The van der Waals surface area contributed by atoms with Crippen molar-refractivity contribution in [3.63, 3.8) is 0 Å². The summed E-state index contributed by atoms with van der Waals surface area (Å²) in [5, 5.41) is 0. The van der Waals surface area contributed by atoms with Gasteiger partial charge in [0.1, 0.15) is 12.2 Å². The summed E-state index contributed by atoms with van der Waals surface area (Å²) in [6.45, 7) is 2.03. The molecule has 0 bridgehead atoms. The first-order valence-electron chi connectivity index (χ1n) is 8.67. The molecule has 0 aliphatic heterocycles. The van der Waals surface area contributed by atoms with Crippen LogP contribution in [0.5, 0.6) is 0 Å². The van der Waals surface area contributed by atoms with Gasteiger partial charge >= 0.3 is 11.9 Å². The Bertz CT molecular complexity index is 711. The van der Waals surface area contributed by atoms with E-state index in [2.05, 4.69) is 0 Å². The molecule has 1 aliphatic carbocycles. The van der Waals surface area contributed by atoms with E-state index in [1.807, 2.05) is 19.1 Å². The van der Waals surface area contributed by atoms with Crippen molar-refractivity contribution in [3.05, 3.63) is 71.8 Å². The highest BCUT2D eigenvalue weighted by molar-refractivity contribution is 5.90. The van der Waals surface area contributed by atoms with Crippen LogP contribution >= 0.6 is 0 Å². The van der Waals surface area contributed by atoms with Gasteiger partial charge in [-0.2, -0.15) is 0 Å². The van der Waals surface area contributed by atoms with Crippen molar-refractivity contribution in [1.29, 1.82) is 0 Å². The molecule has 0 amide bonds. The van der Waals surface area contributed by atoms with Gasteiger partial charge in [0.15, 0.2) is 0 Å². The van der Waals surface area contributed by atoms with Gasteiger partial charge in [0.05, 0.1) is 11.1 Å². The molecule has 3 rings (SSSR count). The summed E-state index contributed by atoms with van der Waals surface area (Å²) in [7, 11) is 0. The molecule has 2 aromatic rings. The minimum atomic E-state index is -0.422. The zero-order valence-electron chi connectivity index (χ0n) is 14.3. The first-order valence-corrected chi connectivity index (χ1v) is 8.67. The van der Waals surface area contributed by atoms with Crippen LogP contribution in [0.2, 0.25) is 0 Å². The molecule has 4 heteroatoms. The Morgan fingerprint density at radius 2 is 1.32 bits per heavy atom. The predicted octanol–water partition coefficient (Wildman–Crippen LogP) is 4.26. The van der Waals surface area contributed by atoms with Gasteiger partial charge in [-0.15, -0.1) is 0 Å². The third kappa shape index (κ3) is 4.27. The largest absolute Gasteiger partial charge is 0.455 e. The normalized spacial score (nSPS) is 22.8. The lowest BCUT2D eigenvalue weighted by atomic mass is 9.85. The number of esters is 2. The third-order valence-electron chi connectivity index (χ3n) is 4.60. The van der Waals surface area contributed by atoms with Crippen LogP contribution in [-0.2, 0) is 9.47 Å². The maximum absolute atomic E-state index is 12.4. The van der Waals surface area contributed by atoms with E-state index >= 15 is 0 Å². The van der Waals surface area contributed by atoms with Gasteiger partial charge in [-0.25, -0.2) is 9.59 Å². The smallest absolute Gasteiger partial charge is 0.338 e. The van der Waals surface area contributed by atoms with E-state index in [0.29, 0.717) is 17.5 Å². The van der Waals surface area contributed by atoms with Crippen LogP contribution in [0.25, 0.3) is 0 Å². The maximum Gasteiger partial charge on any atom is 0.338 e. The molecule has 0 unspecified atom stereocenters. The lowest BCUT2D eigenvalue weighted by Crippen LogP contribution is -2.42. The Labute approximate surface area is 147 Å². The van der Waals surface area contributed by atoms with Gasteiger partial charge < -0.3 is 9.47 Å². The van der Waals surface area contributed by atoms with Crippen LogP contribution in [0.3, 0.4) is 0 Å². The fourth-order valence-electron chi connectivity index (χ4n) is 3.20. The molecule has 1 aliphatic rings. The molecule has 0 N–H and O–H groups in total. The average Bonchev–Trinajstić information content (AvgIpc) is 2.66. The zero-order valence-corrected chi connectivity index (χ0v) is 14.3. The SMILES string of the molecule is C[C@H]1CCC[C@@H](OC(=O)c2ccccc2)[C@@H]1OC(=O)c1ccccc1. The summed E-state index contributed by atoms with van der Waals surface area (Å²) in [6, 6.07) is 17.8. The molecule has 4 nitrogen and oxygen atoms in total. The predicted molar refractivity (Wildman–Crippen MR) is 94.3 cm³/mol. The fraction of sp³-hybridized carbons (Fsp3) is 0.333. The van der Waals surface area contributed by atoms with Crippen LogP contribution in [0.4, 0.5) is 0 Å². The lowest BCUT2D eigenvalue weighted by molar-refractivity contribution is -0.0705. The molecule has 0 spiro atoms. The molecule has 1 saturated carbocycles. The van der Waals surface area contributed by atoms with Crippen molar-refractivity contribution in [2.45, 2.75) is 38.4 Å².